The molecule has 1 heterocycles. The molecule has 0 atom stereocenters. The summed E-state index contributed by atoms with van der Waals surface area (Å²) in [6.45, 7) is 1.93. The minimum atomic E-state index is -0.410. The van der Waals surface area contributed by atoms with Crippen molar-refractivity contribution in [2.24, 2.45) is 5.73 Å². The van der Waals surface area contributed by atoms with Gasteiger partial charge in [0.2, 0.25) is 5.91 Å². The average molecular weight is 246 g/mol. The van der Waals surface area contributed by atoms with Crippen molar-refractivity contribution in [3.8, 4) is 5.75 Å². The van der Waals surface area contributed by atoms with Crippen molar-refractivity contribution in [3.05, 3.63) is 35.4 Å². The second kappa shape index (κ2) is 5.23. The molecule has 4 nitrogen and oxygen atoms in total. The molecule has 2 rings (SSSR count). The van der Waals surface area contributed by atoms with Gasteiger partial charge in [-0.25, -0.2) is 0 Å². The molecule has 0 fully saturated rings. The van der Waals surface area contributed by atoms with Gasteiger partial charge >= 0.3 is 0 Å². The van der Waals surface area contributed by atoms with Crippen LogP contribution in [0.15, 0.2) is 24.3 Å². The second-order valence-electron chi connectivity index (χ2n) is 4.52. The van der Waals surface area contributed by atoms with E-state index in [0.29, 0.717) is 5.56 Å². The van der Waals surface area contributed by atoms with Crippen LogP contribution in [0.1, 0.15) is 22.3 Å². The van der Waals surface area contributed by atoms with Crippen LogP contribution in [-0.2, 0) is 0 Å². The van der Waals surface area contributed by atoms with Gasteiger partial charge in [0.05, 0.1) is 7.11 Å². The van der Waals surface area contributed by atoms with Gasteiger partial charge in [-0.15, -0.1) is 0 Å². The van der Waals surface area contributed by atoms with Crippen LogP contribution in [0.4, 0.5) is 0 Å². The summed E-state index contributed by atoms with van der Waals surface area (Å²) in [6, 6.07) is 5.31. The fraction of sp³-hybridized carbons (Fsp3) is 0.357. The normalized spacial score (nSPS) is 16.2. The zero-order valence-corrected chi connectivity index (χ0v) is 10.8. The number of likely N-dealkylation sites (N-methyl/N-ethyl adjacent to an activating group) is 1. The lowest BCUT2D eigenvalue weighted by atomic mass is 9.96. The summed E-state index contributed by atoms with van der Waals surface area (Å²) in [4.78, 5) is 13.5. The number of ether oxygens (including phenoxy) is 1. The number of benzene rings is 1. The zero-order chi connectivity index (χ0) is 13.1. The van der Waals surface area contributed by atoms with Crippen molar-refractivity contribution >= 4 is 11.5 Å². The molecule has 0 aromatic heterocycles. The number of primary amides is 1. The molecule has 0 unspecified atom stereocenters. The predicted molar refractivity (Wildman–Crippen MR) is 71.6 cm³/mol. The highest BCUT2D eigenvalue weighted by molar-refractivity contribution is 5.94. The molecular weight excluding hydrogens is 228 g/mol. The summed E-state index contributed by atoms with van der Waals surface area (Å²) in [6.07, 6.45) is 3.13. The van der Waals surface area contributed by atoms with E-state index in [1.54, 1.807) is 19.2 Å². The molecule has 1 aliphatic heterocycles. The molecule has 1 aromatic rings. The van der Waals surface area contributed by atoms with Gasteiger partial charge in [-0.3, -0.25) is 4.79 Å². The van der Waals surface area contributed by atoms with Crippen LogP contribution >= 0.6 is 0 Å². The summed E-state index contributed by atoms with van der Waals surface area (Å²) in [7, 11) is 3.72. The van der Waals surface area contributed by atoms with E-state index in [-0.39, 0.29) is 0 Å². The molecule has 0 aliphatic carbocycles. The van der Waals surface area contributed by atoms with Crippen molar-refractivity contribution in [3.63, 3.8) is 0 Å². The first-order valence-electron chi connectivity index (χ1n) is 5.97. The molecule has 1 amide bonds. The highest BCUT2D eigenvalue weighted by atomic mass is 16.5. The second-order valence-corrected chi connectivity index (χ2v) is 4.52. The molecule has 0 radical (unpaired) electrons. The quantitative estimate of drug-likeness (QED) is 0.879. The van der Waals surface area contributed by atoms with Crippen LogP contribution in [0.2, 0.25) is 0 Å². The van der Waals surface area contributed by atoms with Crippen LogP contribution < -0.4 is 10.5 Å². The standard InChI is InChI=1S/C14H18N2O2/c1-16-7-5-10(6-8-16)12-9-11(14(15)17)3-4-13(12)18-2/h3-5,9H,6-8H2,1-2H3,(H2,15,17). The van der Waals surface area contributed by atoms with E-state index in [1.165, 1.54) is 5.57 Å². The highest BCUT2D eigenvalue weighted by Gasteiger charge is 2.15. The highest BCUT2D eigenvalue weighted by Crippen LogP contribution is 2.30. The van der Waals surface area contributed by atoms with Crippen molar-refractivity contribution in [1.82, 2.24) is 4.90 Å². The first kappa shape index (κ1) is 12.6. The van der Waals surface area contributed by atoms with E-state index in [1.807, 2.05) is 6.07 Å². The average Bonchev–Trinajstić information content (AvgIpc) is 2.39. The number of carbonyl (C=O) groups excluding carboxylic acids is 1. The van der Waals surface area contributed by atoms with Gasteiger partial charge in [-0.1, -0.05) is 6.08 Å². The third kappa shape index (κ3) is 2.54. The maximum atomic E-state index is 11.2. The molecule has 2 N–H and O–H groups in total. The molecule has 96 valence electrons. The van der Waals surface area contributed by atoms with Gasteiger partial charge in [0.1, 0.15) is 5.75 Å². The molecule has 1 aliphatic rings. The lowest BCUT2D eigenvalue weighted by Crippen LogP contribution is -2.23. The lowest BCUT2D eigenvalue weighted by Gasteiger charge is -2.23. The summed E-state index contributed by atoms with van der Waals surface area (Å²) >= 11 is 0. The van der Waals surface area contributed by atoms with Gasteiger partial charge in [-0.05, 0) is 37.2 Å². The van der Waals surface area contributed by atoms with Gasteiger partial charge in [0.25, 0.3) is 0 Å². The van der Waals surface area contributed by atoms with Gasteiger partial charge < -0.3 is 15.4 Å². The van der Waals surface area contributed by atoms with Crippen LogP contribution in [0.5, 0.6) is 5.75 Å². The third-order valence-electron chi connectivity index (χ3n) is 3.24. The van der Waals surface area contributed by atoms with Crippen LogP contribution in [0, 0.1) is 0 Å². The Morgan fingerprint density at radius 2 is 2.22 bits per heavy atom. The topological polar surface area (TPSA) is 55.6 Å². The summed E-state index contributed by atoms with van der Waals surface area (Å²) in [5.74, 6) is 0.378. The Morgan fingerprint density at radius 3 is 2.78 bits per heavy atom. The Bertz CT molecular complexity index is 495. The molecule has 0 spiro atoms. The Labute approximate surface area is 107 Å². The van der Waals surface area contributed by atoms with Crippen molar-refractivity contribution < 1.29 is 9.53 Å². The van der Waals surface area contributed by atoms with Crippen molar-refractivity contribution in [2.45, 2.75) is 6.42 Å². The Morgan fingerprint density at radius 1 is 1.44 bits per heavy atom. The molecule has 0 bridgehead atoms. The van der Waals surface area contributed by atoms with Gasteiger partial charge in [0.15, 0.2) is 0 Å². The summed E-state index contributed by atoms with van der Waals surface area (Å²) < 4.78 is 5.35. The van der Waals surface area contributed by atoms with Crippen LogP contribution in [0.25, 0.3) is 5.57 Å². The Balaban J connectivity index is 2.41. The Hall–Kier alpha value is -1.81. The monoisotopic (exact) mass is 246 g/mol. The van der Waals surface area contributed by atoms with E-state index < -0.39 is 5.91 Å². The van der Waals surface area contributed by atoms with Gasteiger partial charge in [-0.2, -0.15) is 0 Å². The predicted octanol–water partition coefficient (Wildman–Crippen LogP) is 1.51. The maximum Gasteiger partial charge on any atom is 0.248 e. The number of rotatable bonds is 3. The number of nitrogens with zero attached hydrogens (tertiary/aromatic N) is 1. The fourth-order valence-electron chi connectivity index (χ4n) is 2.13. The molecule has 1 aromatic carbocycles. The minimum Gasteiger partial charge on any atom is -0.496 e. The molecule has 0 saturated heterocycles. The summed E-state index contributed by atoms with van der Waals surface area (Å²) in [5.41, 5.74) is 8.03. The van der Waals surface area contributed by atoms with E-state index in [4.69, 9.17) is 10.5 Å². The van der Waals surface area contributed by atoms with Crippen LogP contribution in [0.3, 0.4) is 0 Å². The molecular formula is C14H18N2O2. The number of hydrogen-bond donors (Lipinski definition) is 1. The third-order valence-corrected chi connectivity index (χ3v) is 3.24. The van der Waals surface area contributed by atoms with Gasteiger partial charge in [0, 0.05) is 24.2 Å². The molecule has 4 heteroatoms. The van der Waals surface area contributed by atoms with E-state index >= 15 is 0 Å². The Kier molecular flexibility index (Phi) is 3.67. The van der Waals surface area contributed by atoms with E-state index in [2.05, 4.69) is 18.0 Å². The number of hydrogen-bond acceptors (Lipinski definition) is 3. The number of methoxy groups -OCH3 is 1. The fourth-order valence-corrected chi connectivity index (χ4v) is 2.13. The van der Waals surface area contributed by atoms with Crippen LogP contribution in [-0.4, -0.2) is 38.1 Å². The zero-order valence-electron chi connectivity index (χ0n) is 10.8. The van der Waals surface area contributed by atoms with Crippen molar-refractivity contribution in [2.75, 3.05) is 27.2 Å². The largest absolute Gasteiger partial charge is 0.496 e. The van der Waals surface area contributed by atoms with E-state index in [9.17, 15) is 4.79 Å². The number of carbonyl (C=O) groups is 1. The first-order chi connectivity index (χ1) is 8.61. The molecule has 0 saturated carbocycles. The van der Waals surface area contributed by atoms with E-state index in [0.717, 1.165) is 30.8 Å². The lowest BCUT2D eigenvalue weighted by molar-refractivity contribution is 0.1000. The number of amides is 1. The summed E-state index contributed by atoms with van der Waals surface area (Å²) in [5, 5.41) is 0. The SMILES string of the molecule is COc1ccc(C(N)=O)cc1C1=CCN(C)CC1. The number of nitrogens with two attached hydrogens (primary N) is 1. The molecule has 18 heavy (non-hydrogen) atoms. The first-order valence-corrected chi connectivity index (χ1v) is 5.97. The van der Waals surface area contributed by atoms with Crippen molar-refractivity contribution in [1.29, 1.82) is 0 Å². The smallest absolute Gasteiger partial charge is 0.248 e. The maximum absolute atomic E-state index is 11.2. The minimum absolute atomic E-state index is 0.410.